The molecule has 0 rings (SSSR count). The molecule has 0 aliphatic rings. The largest absolute Gasteiger partial charge is 0.0683 e. The maximum Gasteiger partial charge on any atom is 0.0264 e. The highest BCUT2D eigenvalue weighted by atomic mass is 13.6. The summed E-state index contributed by atoms with van der Waals surface area (Å²) in [6.45, 7) is 7.94. The Morgan fingerprint density at radius 3 is 0.944 bits per heavy atom. The lowest BCUT2D eigenvalue weighted by molar-refractivity contribution is 0.886. The first kappa shape index (κ1) is 6.19. The normalized spacial score (nSPS) is 25.0. The molecule has 0 nitrogen and oxygen atoms in total. The Balaban J connectivity index is -0.0000000600. The van der Waals surface area contributed by atoms with E-state index in [4.69, 9.17) is 24.7 Å². The van der Waals surface area contributed by atoms with Gasteiger partial charge in [-0.3, -0.25) is 0 Å². The number of rotatable bonds is 1. The van der Waals surface area contributed by atoms with Gasteiger partial charge in [0.25, 0.3) is 0 Å². The fraction of sp³-hybridized carbons (Fsp3) is 1.00. The van der Waals surface area contributed by atoms with Gasteiger partial charge in [-0.2, -0.15) is 0 Å². The molecule has 18 heavy (non-hydrogen) atoms. The van der Waals surface area contributed by atoms with Gasteiger partial charge >= 0.3 is 0 Å². The summed E-state index contributed by atoms with van der Waals surface area (Å²) in [4.78, 5) is 0. The zero-order valence-corrected chi connectivity index (χ0v) is 14.2. The van der Waals surface area contributed by atoms with Gasteiger partial charge in [0.1, 0.15) is 0 Å². The Bertz CT molecular complexity index is 408. The van der Waals surface area contributed by atoms with Crippen molar-refractivity contribution >= 4 is 0 Å². The van der Waals surface area contributed by atoms with Crippen LogP contribution in [0.15, 0.2) is 0 Å². The van der Waals surface area contributed by atoms with Gasteiger partial charge in [-0.05, 0) is 0 Å². The second-order valence-electron chi connectivity index (χ2n) is 0.979. The van der Waals surface area contributed by atoms with Crippen LogP contribution in [0.4, 0.5) is 0 Å². The van der Waals surface area contributed by atoms with E-state index in [1.165, 1.54) is 6.92 Å². The van der Waals surface area contributed by atoms with Crippen molar-refractivity contribution in [2.75, 3.05) is 0 Å². The summed E-state index contributed by atoms with van der Waals surface area (Å²) in [7, 11) is 0. The van der Waals surface area contributed by atoms with E-state index in [0.717, 1.165) is 13.8 Å². The summed E-state index contributed by atoms with van der Waals surface area (Å²) >= 11 is 0. The molecule has 0 aromatic carbocycles. The zero-order valence-electron chi connectivity index (χ0n) is 32.2. The van der Waals surface area contributed by atoms with Crippen LogP contribution in [-0.4, -0.2) is 0 Å². The Morgan fingerprint density at radius 2 is 0.944 bits per heavy atom. The van der Waals surface area contributed by atoms with Crippen LogP contribution in [0.2, 0.25) is 0 Å². The van der Waals surface area contributed by atoms with Crippen LogP contribution >= 0.6 is 0 Å². The van der Waals surface area contributed by atoms with Gasteiger partial charge in [0.2, 0.25) is 0 Å². The SMILES string of the molecule is CC.C[13CH3].C[13CH3].[2H]C([2H])([2H])C.[2H]C([2H])([2H])C([2H])([2H])C.[2H]C([2H])([2H])C([2H])([2H])C([2H])([2H])C.[2H]C([2H])([2H])CC. The molecule has 0 aromatic rings. The highest BCUT2D eigenvalue weighted by Crippen LogP contribution is 1.76. The van der Waals surface area contributed by atoms with Crippen molar-refractivity contribution in [2.24, 2.45) is 0 Å². The first-order valence-electron chi connectivity index (χ1n) is 15.3. The maximum atomic E-state index is 6.96. The van der Waals surface area contributed by atoms with E-state index in [1.54, 1.807) is 6.92 Å². The van der Waals surface area contributed by atoms with Crippen molar-refractivity contribution in [1.29, 1.82) is 0 Å². The molecule has 122 valence electrons. The molecule has 0 spiro atoms. The third-order valence-electron chi connectivity index (χ3n) is 0.125. The van der Waals surface area contributed by atoms with Gasteiger partial charge in [-0.1, -0.05) is 122 Å². The van der Waals surface area contributed by atoms with Gasteiger partial charge in [0, 0.05) is 24.7 Å². The molecule has 0 heteroatoms. The monoisotopic (exact) mass is 287 g/mol. The zero-order chi connectivity index (χ0) is 32.2. The van der Waals surface area contributed by atoms with Crippen molar-refractivity contribution < 1.29 is 24.7 Å². The molecule has 0 bridgehead atoms. The van der Waals surface area contributed by atoms with E-state index >= 15 is 0 Å². The summed E-state index contributed by atoms with van der Waals surface area (Å²) in [5, 5.41) is 0. The predicted octanol–water partition coefficient (Wildman–Crippen LogP) is 8.74. The van der Waals surface area contributed by atoms with E-state index in [1.807, 2.05) is 41.5 Å². The Labute approximate surface area is 148 Å². The Hall–Kier alpha value is 0. The second kappa shape index (κ2) is 272. The lowest BCUT2D eigenvalue weighted by atomic mass is 10.4. The molecule has 0 heterocycles. The van der Waals surface area contributed by atoms with Crippen LogP contribution in [-0.2, 0) is 0 Å². The van der Waals surface area contributed by atoms with Crippen LogP contribution in [0.1, 0.15) is 147 Å². The summed E-state index contributed by atoms with van der Waals surface area (Å²) in [6.07, 6.45) is -6.93. The molecule has 0 saturated heterocycles. The van der Waals surface area contributed by atoms with Crippen LogP contribution in [0.25, 0.3) is 0 Å². The molecule has 0 fully saturated rings. The van der Waals surface area contributed by atoms with Crippen molar-refractivity contribution in [3.05, 3.63) is 0 Å². The van der Waals surface area contributed by atoms with Crippen LogP contribution < -0.4 is 0 Å². The summed E-state index contributed by atoms with van der Waals surface area (Å²) in [5.74, 6) is 0. The summed E-state index contributed by atoms with van der Waals surface area (Å²) < 4.78 is 119. The van der Waals surface area contributed by atoms with Crippen molar-refractivity contribution in [1.82, 2.24) is 0 Å². The van der Waals surface area contributed by atoms with Gasteiger partial charge < -0.3 is 0 Å². The molecule has 0 radical (unpaired) electrons. The van der Waals surface area contributed by atoms with E-state index in [2.05, 4.69) is 0 Å². The molecule has 0 amide bonds. The minimum absolute atomic E-state index is 0.271. The average molecular weight is 287 g/mol. The van der Waals surface area contributed by atoms with Crippen LogP contribution in [0.3, 0.4) is 0 Å². The molecule has 0 unspecified atom stereocenters. The summed E-state index contributed by atoms with van der Waals surface area (Å²) in [6, 6.07) is 0. The number of hydrogen-bond acceptors (Lipinski definition) is 0. The predicted molar refractivity (Wildman–Crippen MR) is 97.9 cm³/mol. The highest BCUT2D eigenvalue weighted by Gasteiger charge is 1.56. The molecule has 0 N–H and O–H groups in total. The Morgan fingerprint density at radius 1 is 0.667 bits per heavy atom. The Kier molecular flexibility index (Phi) is 93.5. The van der Waals surface area contributed by atoms with Gasteiger partial charge in [0.15, 0.2) is 0 Å². The smallest absolute Gasteiger partial charge is 0.0264 e. The first-order valence-corrected chi connectivity index (χ1v) is 6.31. The fourth-order valence-electron chi connectivity index (χ4n) is 0. The molecule has 0 saturated carbocycles. The fourth-order valence-corrected chi connectivity index (χ4v) is 0. The van der Waals surface area contributed by atoms with Crippen LogP contribution in [0, 0.1) is 0 Å². The quantitative estimate of drug-likeness (QED) is 0.423. The van der Waals surface area contributed by atoms with E-state index in [-0.39, 0.29) is 6.42 Å². The van der Waals surface area contributed by atoms with Crippen molar-refractivity contribution in [3.63, 3.8) is 0 Å². The van der Waals surface area contributed by atoms with E-state index in [0.29, 0.717) is 0 Å². The molecule has 0 aromatic heterocycles. The first-order chi connectivity index (χ1) is 15.3. The molecule has 0 aliphatic carbocycles. The second-order valence-corrected chi connectivity index (χ2v) is 0.979. The highest BCUT2D eigenvalue weighted by molar-refractivity contribution is 4.12. The lowest BCUT2D eigenvalue weighted by Crippen LogP contribution is -1.47. The van der Waals surface area contributed by atoms with Gasteiger partial charge in [-0.15, -0.1) is 0 Å². The molecule has 0 aliphatic heterocycles. The standard InChI is InChI=1S/C4H10.2C3H8.4C2H6/c1-3-4-2;2*1-3-2;4*1-2/h3-4H2,1-2H3;2*3H2,1-2H3;4*1-2H3/i1D3,3D2,4D2;1D3,3D2;1D3;2*1+1;1D3;. The third kappa shape index (κ3) is 3600. The third-order valence-corrected chi connectivity index (χ3v) is 0.125. The van der Waals surface area contributed by atoms with Crippen LogP contribution in [0.5, 0.6) is 0 Å². The van der Waals surface area contributed by atoms with E-state index < -0.39 is 46.5 Å². The van der Waals surface area contributed by atoms with E-state index in [9.17, 15) is 0 Å². The topological polar surface area (TPSA) is 0 Å². The number of hydrogen-bond donors (Lipinski definition) is 0. The van der Waals surface area contributed by atoms with Gasteiger partial charge in [0.05, 0.1) is 0 Å². The molecular weight excluding hydrogens is 218 g/mol. The molecule has 0 atom stereocenters. The van der Waals surface area contributed by atoms with Gasteiger partial charge in [-0.25, -0.2) is 0 Å². The maximum absolute atomic E-state index is 6.96. The molecular formula is C18H50. The summed E-state index contributed by atoms with van der Waals surface area (Å²) in [5.41, 5.74) is 0. The minimum atomic E-state index is -2.91. The lowest BCUT2D eigenvalue weighted by Gasteiger charge is -1.68. The average Bonchev–Trinajstić information content (AvgIpc) is 2.62. The van der Waals surface area contributed by atoms with Crippen molar-refractivity contribution in [2.45, 2.75) is 122 Å². The van der Waals surface area contributed by atoms with Crippen molar-refractivity contribution in [3.8, 4) is 0 Å². The minimum Gasteiger partial charge on any atom is -0.0683 e.